The van der Waals surface area contributed by atoms with E-state index in [9.17, 15) is 4.79 Å². The molecule has 0 aromatic heterocycles. The Bertz CT molecular complexity index is 253. The molecular formula is C13H20O2. The fourth-order valence-electron chi connectivity index (χ4n) is 1.96. The van der Waals surface area contributed by atoms with E-state index in [-0.39, 0.29) is 6.10 Å². The van der Waals surface area contributed by atoms with E-state index in [4.69, 9.17) is 4.74 Å². The average Bonchev–Trinajstić information content (AvgIpc) is 2.27. The molecule has 0 aliphatic heterocycles. The molecule has 15 heavy (non-hydrogen) atoms. The number of allylic oxidation sites excluding steroid dienone is 4. The Balaban J connectivity index is 2.48. The van der Waals surface area contributed by atoms with Gasteiger partial charge in [-0.1, -0.05) is 30.7 Å². The van der Waals surface area contributed by atoms with Crippen LogP contribution in [0.4, 0.5) is 0 Å². The van der Waals surface area contributed by atoms with E-state index >= 15 is 0 Å². The van der Waals surface area contributed by atoms with Crippen LogP contribution in [-0.2, 0) is 9.53 Å². The molecule has 1 rings (SSSR count). The van der Waals surface area contributed by atoms with Crippen molar-refractivity contribution in [3.05, 3.63) is 23.8 Å². The van der Waals surface area contributed by atoms with Crippen LogP contribution >= 0.6 is 0 Å². The second kappa shape index (κ2) is 6.44. The second-order valence-corrected chi connectivity index (χ2v) is 4.07. The van der Waals surface area contributed by atoms with Crippen molar-refractivity contribution < 1.29 is 9.53 Å². The van der Waals surface area contributed by atoms with Crippen molar-refractivity contribution in [2.45, 2.75) is 45.6 Å². The van der Waals surface area contributed by atoms with Crippen LogP contribution in [0.3, 0.4) is 0 Å². The first-order valence-corrected chi connectivity index (χ1v) is 5.72. The van der Waals surface area contributed by atoms with Gasteiger partial charge in [0.05, 0.1) is 0 Å². The Hall–Kier alpha value is -1.05. The summed E-state index contributed by atoms with van der Waals surface area (Å²) < 4.78 is 5.00. The van der Waals surface area contributed by atoms with Crippen molar-refractivity contribution in [2.75, 3.05) is 0 Å². The first-order chi connectivity index (χ1) is 7.27. The highest BCUT2D eigenvalue weighted by Crippen LogP contribution is 2.24. The molecule has 0 aromatic rings. The molecule has 2 heteroatoms. The smallest absolute Gasteiger partial charge is 0.293 e. The third-order valence-electron chi connectivity index (χ3n) is 3.03. The maximum atomic E-state index is 10.3. The van der Waals surface area contributed by atoms with E-state index in [0.717, 1.165) is 25.7 Å². The van der Waals surface area contributed by atoms with Gasteiger partial charge in [-0.2, -0.15) is 0 Å². The van der Waals surface area contributed by atoms with Gasteiger partial charge in [0.1, 0.15) is 6.10 Å². The second-order valence-electron chi connectivity index (χ2n) is 4.07. The zero-order chi connectivity index (χ0) is 11.1. The monoisotopic (exact) mass is 208 g/mol. The third-order valence-corrected chi connectivity index (χ3v) is 3.03. The number of hydrogen-bond donors (Lipinski definition) is 0. The van der Waals surface area contributed by atoms with Gasteiger partial charge in [-0.25, -0.2) is 0 Å². The number of ether oxygens (including phenoxy) is 1. The lowest BCUT2D eigenvalue weighted by Gasteiger charge is -2.22. The number of carbonyl (C=O) groups is 1. The Morgan fingerprint density at radius 3 is 2.87 bits per heavy atom. The van der Waals surface area contributed by atoms with Gasteiger partial charge >= 0.3 is 0 Å². The minimum Gasteiger partial charge on any atom is -0.465 e. The van der Waals surface area contributed by atoms with Gasteiger partial charge in [0.2, 0.25) is 0 Å². The Morgan fingerprint density at radius 2 is 2.33 bits per heavy atom. The summed E-state index contributed by atoms with van der Waals surface area (Å²) in [5.41, 5.74) is 1.38. The molecule has 0 saturated carbocycles. The topological polar surface area (TPSA) is 26.3 Å². The van der Waals surface area contributed by atoms with Crippen LogP contribution in [0.15, 0.2) is 23.8 Å². The number of carbonyl (C=O) groups excluding carboxylic acids is 1. The van der Waals surface area contributed by atoms with E-state index in [1.807, 2.05) is 6.92 Å². The summed E-state index contributed by atoms with van der Waals surface area (Å²) >= 11 is 0. The minimum atomic E-state index is 0.0173. The van der Waals surface area contributed by atoms with Gasteiger partial charge in [-0.05, 0) is 38.5 Å². The summed E-state index contributed by atoms with van der Waals surface area (Å²) in [6.45, 7) is 4.66. The van der Waals surface area contributed by atoms with Gasteiger partial charge < -0.3 is 4.74 Å². The maximum Gasteiger partial charge on any atom is 0.293 e. The van der Waals surface area contributed by atoms with Gasteiger partial charge in [-0.15, -0.1) is 0 Å². The average molecular weight is 208 g/mol. The van der Waals surface area contributed by atoms with Crippen molar-refractivity contribution in [1.29, 1.82) is 0 Å². The highest BCUT2D eigenvalue weighted by Gasteiger charge is 2.17. The summed E-state index contributed by atoms with van der Waals surface area (Å²) in [6.07, 6.45) is 11.1. The summed E-state index contributed by atoms with van der Waals surface area (Å²) in [5.74, 6) is 0.434. The molecule has 1 aliphatic carbocycles. The molecule has 2 atom stereocenters. The van der Waals surface area contributed by atoms with Gasteiger partial charge in [-0.3, -0.25) is 4.79 Å². The van der Waals surface area contributed by atoms with Gasteiger partial charge in [0.25, 0.3) is 6.47 Å². The van der Waals surface area contributed by atoms with E-state index in [1.54, 1.807) is 0 Å². The summed E-state index contributed by atoms with van der Waals surface area (Å²) in [6, 6.07) is 0. The van der Waals surface area contributed by atoms with Gasteiger partial charge in [0, 0.05) is 0 Å². The predicted octanol–water partition coefficient (Wildman–Crippen LogP) is 3.24. The van der Waals surface area contributed by atoms with Crippen LogP contribution in [0, 0.1) is 5.92 Å². The Morgan fingerprint density at radius 1 is 1.53 bits per heavy atom. The molecule has 0 N–H and O–H groups in total. The summed E-state index contributed by atoms with van der Waals surface area (Å²) in [7, 11) is 0. The summed E-state index contributed by atoms with van der Waals surface area (Å²) in [4.78, 5) is 10.3. The Kier molecular flexibility index (Phi) is 5.16. The number of hydrogen-bond acceptors (Lipinski definition) is 2. The SMILES string of the molecule is CCC(CC1=CCCC=C1)C(C)OC=O. The molecule has 0 fully saturated rings. The molecule has 0 heterocycles. The summed E-state index contributed by atoms with van der Waals surface area (Å²) in [5, 5.41) is 0. The lowest BCUT2D eigenvalue weighted by molar-refractivity contribution is -0.135. The van der Waals surface area contributed by atoms with Crippen molar-refractivity contribution in [3.8, 4) is 0 Å². The van der Waals surface area contributed by atoms with E-state index in [0.29, 0.717) is 12.4 Å². The van der Waals surface area contributed by atoms with Crippen LogP contribution in [0.2, 0.25) is 0 Å². The van der Waals surface area contributed by atoms with Crippen LogP contribution in [0.1, 0.15) is 39.5 Å². The van der Waals surface area contributed by atoms with E-state index in [1.165, 1.54) is 5.57 Å². The fraction of sp³-hybridized carbons (Fsp3) is 0.615. The van der Waals surface area contributed by atoms with E-state index < -0.39 is 0 Å². The van der Waals surface area contributed by atoms with Crippen molar-refractivity contribution in [3.63, 3.8) is 0 Å². The van der Waals surface area contributed by atoms with Crippen molar-refractivity contribution >= 4 is 6.47 Å². The van der Waals surface area contributed by atoms with Crippen molar-refractivity contribution in [1.82, 2.24) is 0 Å². The molecule has 0 spiro atoms. The first-order valence-electron chi connectivity index (χ1n) is 5.72. The zero-order valence-corrected chi connectivity index (χ0v) is 9.61. The molecule has 1 aliphatic rings. The molecule has 2 nitrogen and oxygen atoms in total. The van der Waals surface area contributed by atoms with Crippen LogP contribution in [0.25, 0.3) is 0 Å². The van der Waals surface area contributed by atoms with Gasteiger partial charge in [0.15, 0.2) is 0 Å². The van der Waals surface area contributed by atoms with Crippen molar-refractivity contribution in [2.24, 2.45) is 5.92 Å². The van der Waals surface area contributed by atoms with Crippen LogP contribution in [-0.4, -0.2) is 12.6 Å². The molecular weight excluding hydrogens is 188 g/mol. The molecule has 0 saturated heterocycles. The normalized spacial score (nSPS) is 19.2. The predicted molar refractivity (Wildman–Crippen MR) is 61.5 cm³/mol. The molecule has 0 amide bonds. The molecule has 0 radical (unpaired) electrons. The molecule has 0 bridgehead atoms. The van der Waals surface area contributed by atoms with Crippen LogP contribution < -0.4 is 0 Å². The maximum absolute atomic E-state index is 10.3. The van der Waals surface area contributed by atoms with Crippen LogP contribution in [0.5, 0.6) is 0 Å². The lowest BCUT2D eigenvalue weighted by atomic mass is 9.90. The molecule has 0 aromatic carbocycles. The standard InChI is InChI=1S/C13H20O2/c1-3-13(11(2)15-10-14)9-12-7-5-4-6-8-12/h5,7-8,10-11,13H,3-4,6,9H2,1-2H3. The third kappa shape index (κ3) is 3.90. The first kappa shape index (κ1) is 12.0. The zero-order valence-electron chi connectivity index (χ0n) is 9.61. The lowest BCUT2D eigenvalue weighted by Crippen LogP contribution is -2.20. The fourth-order valence-corrected chi connectivity index (χ4v) is 1.96. The Labute approximate surface area is 92.0 Å². The van der Waals surface area contributed by atoms with E-state index in [2.05, 4.69) is 25.2 Å². The highest BCUT2D eigenvalue weighted by atomic mass is 16.5. The minimum absolute atomic E-state index is 0.0173. The highest BCUT2D eigenvalue weighted by molar-refractivity contribution is 5.37. The largest absolute Gasteiger partial charge is 0.465 e. The molecule has 84 valence electrons. The quantitative estimate of drug-likeness (QED) is 0.626. The molecule has 2 unspecified atom stereocenters. The number of rotatable bonds is 6.